The topological polar surface area (TPSA) is 9.23 Å². The Morgan fingerprint density at radius 3 is 2.21 bits per heavy atom. The van der Waals surface area contributed by atoms with Crippen molar-refractivity contribution in [1.82, 2.24) is 0 Å². The molecule has 14 heavy (non-hydrogen) atoms. The van der Waals surface area contributed by atoms with Gasteiger partial charge in [0.05, 0.1) is 12.2 Å². The average Bonchev–Trinajstić information content (AvgIpc) is 2.61. The zero-order valence-electron chi connectivity index (χ0n) is 9.93. The number of ether oxygens (including phenoxy) is 1. The van der Waals surface area contributed by atoms with Crippen LogP contribution in [0, 0.1) is 0 Å². The van der Waals surface area contributed by atoms with Crippen molar-refractivity contribution in [3.05, 3.63) is 0 Å². The predicted molar refractivity (Wildman–Crippen MR) is 61.6 cm³/mol. The molecule has 1 heterocycles. The van der Waals surface area contributed by atoms with E-state index >= 15 is 0 Å². The Hall–Kier alpha value is -0.0400. The lowest BCUT2D eigenvalue weighted by atomic mass is 10.1. The Morgan fingerprint density at radius 2 is 1.57 bits per heavy atom. The van der Waals surface area contributed by atoms with Gasteiger partial charge < -0.3 is 4.74 Å². The van der Waals surface area contributed by atoms with Gasteiger partial charge in [-0.15, -0.1) is 0 Å². The van der Waals surface area contributed by atoms with Crippen molar-refractivity contribution in [3.8, 4) is 0 Å². The van der Waals surface area contributed by atoms with Crippen LogP contribution in [-0.4, -0.2) is 12.2 Å². The summed E-state index contributed by atoms with van der Waals surface area (Å²) in [5.74, 6) is 0. The molecule has 0 aromatic rings. The van der Waals surface area contributed by atoms with Crippen LogP contribution in [0.15, 0.2) is 0 Å². The first kappa shape index (κ1) is 12.0. The third-order valence-electron chi connectivity index (χ3n) is 3.19. The molecule has 2 unspecified atom stereocenters. The van der Waals surface area contributed by atoms with Crippen LogP contribution in [0.25, 0.3) is 0 Å². The second kappa shape index (κ2) is 7.28. The molecule has 0 aliphatic carbocycles. The molecule has 0 aromatic carbocycles. The third kappa shape index (κ3) is 4.45. The van der Waals surface area contributed by atoms with E-state index in [1.165, 1.54) is 57.8 Å². The lowest BCUT2D eigenvalue weighted by Crippen LogP contribution is -2.10. The quantitative estimate of drug-likeness (QED) is 0.554. The van der Waals surface area contributed by atoms with Crippen LogP contribution < -0.4 is 0 Å². The van der Waals surface area contributed by atoms with Gasteiger partial charge in [0.2, 0.25) is 0 Å². The van der Waals surface area contributed by atoms with Crippen molar-refractivity contribution in [1.29, 1.82) is 0 Å². The minimum absolute atomic E-state index is 0.594. The van der Waals surface area contributed by atoms with Crippen molar-refractivity contribution in [2.24, 2.45) is 0 Å². The standard InChI is InChI=1S/C13H26O/c1-3-5-6-7-9-13-11-10-12(14-13)8-4-2/h12-13H,3-11H2,1-2H3. The highest BCUT2D eigenvalue weighted by Gasteiger charge is 2.23. The Balaban J connectivity index is 1.98. The number of rotatable bonds is 7. The maximum Gasteiger partial charge on any atom is 0.0579 e. The molecule has 1 heteroatoms. The SMILES string of the molecule is CCCCCCC1CCC(CCC)O1. The zero-order valence-corrected chi connectivity index (χ0v) is 9.93. The van der Waals surface area contributed by atoms with Gasteiger partial charge in [0.1, 0.15) is 0 Å². The summed E-state index contributed by atoms with van der Waals surface area (Å²) in [4.78, 5) is 0. The summed E-state index contributed by atoms with van der Waals surface area (Å²) in [7, 11) is 0. The van der Waals surface area contributed by atoms with Crippen LogP contribution in [0.2, 0.25) is 0 Å². The minimum Gasteiger partial charge on any atom is -0.375 e. The predicted octanol–water partition coefficient (Wildman–Crippen LogP) is 4.30. The number of hydrogen-bond donors (Lipinski definition) is 0. The van der Waals surface area contributed by atoms with Crippen LogP contribution in [-0.2, 0) is 4.74 Å². The molecule has 1 fully saturated rings. The van der Waals surface area contributed by atoms with E-state index in [0.29, 0.717) is 12.2 Å². The van der Waals surface area contributed by atoms with Gasteiger partial charge >= 0.3 is 0 Å². The summed E-state index contributed by atoms with van der Waals surface area (Å²) < 4.78 is 5.98. The van der Waals surface area contributed by atoms with Crippen molar-refractivity contribution in [2.45, 2.75) is 83.8 Å². The summed E-state index contributed by atoms with van der Waals surface area (Å²) in [6.45, 7) is 4.52. The molecule has 1 aliphatic heterocycles. The highest BCUT2D eigenvalue weighted by molar-refractivity contribution is 4.73. The van der Waals surface area contributed by atoms with Crippen LogP contribution >= 0.6 is 0 Å². The molecule has 0 radical (unpaired) electrons. The summed E-state index contributed by atoms with van der Waals surface area (Å²) in [6.07, 6.45) is 13.2. The normalized spacial score (nSPS) is 27.0. The van der Waals surface area contributed by atoms with E-state index in [2.05, 4.69) is 13.8 Å². The van der Waals surface area contributed by atoms with Gasteiger partial charge in [-0.25, -0.2) is 0 Å². The van der Waals surface area contributed by atoms with Crippen LogP contribution in [0.3, 0.4) is 0 Å². The molecule has 1 nitrogen and oxygen atoms in total. The monoisotopic (exact) mass is 198 g/mol. The Kier molecular flexibility index (Phi) is 6.25. The molecular formula is C13H26O. The van der Waals surface area contributed by atoms with Crippen molar-refractivity contribution < 1.29 is 4.74 Å². The molecule has 0 spiro atoms. The molecule has 0 bridgehead atoms. The van der Waals surface area contributed by atoms with E-state index in [1.807, 2.05) is 0 Å². The van der Waals surface area contributed by atoms with Crippen LogP contribution in [0.5, 0.6) is 0 Å². The maximum absolute atomic E-state index is 5.98. The molecule has 0 N–H and O–H groups in total. The lowest BCUT2D eigenvalue weighted by Gasteiger charge is -2.12. The van der Waals surface area contributed by atoms with Crippen LogP contribution in [0.4, 0.5) is 0 Å². The Bertz CT molecular complexity index is 133. The Labute approximate surface area is 89.2 Å². The van der Waals surface area contributed by atoms with E-state index in [1.54, 1.807) is 0 Å². The molecule has 84 valence electrons. The fraction of sp³-hybridized carbons (Fsp3) is 1.00. The smallest absolute Gasteiger partial charge is 0.0579 e. The highest BCUT2D eigenvalue weighted by Crippen LogP contribution is 2.26. The summed E-state index contributed by atoms with van der Waals surface area (Å²) in [6, 6.07) is 0. The first-order valence-corrected chi connectivity index (χ1v) is 6.52. The van der Waals surface area contributed by atoms with Crippen molar-refractivity contribution in [2.75, 3.05) is 0 Å². The van der Waals surface area contributed by atoms with E-state index in [-0.39, 0.29) is 0 Å². The minimum atomic E-state index is 0.594. The second-order valence-electron chi connectivity index (χ2n) is 4.60. The first-order valence-electron chi connectivity index (χ1n) is 6.52. The van der Waals surface area contributed by atoms with Gasteiger partial charge in [-0.1, -0.05) is 46.0 Å². The van der Waals surface area contributed by atoms with Crippen molar-refractivity contribution >= 4 is 0 Å². The molecule has 0 amide bonds. The van der Waals surface area contributed by atoms with Gasteiger partial charge in [0.25, 0.3) is 0 Å². The van der Waals surface area contributed by atoms with Gasteiger partial charge in [-0.2, -0.15) is 0 Å². The molecule has 0 saturated carbocycles. The molecule has 1 aliphatic rings. The summed E-state index contributed by atoms with van der Waals surface area (Å²) >= 11 is 0. The number of unbranched alkanes of at least 4 members (excludes halogenated alkanes) is 3. The fourth-order valence-corrected chi connectivity index (χ4v) is 2.33. The summed E-state index contributed by atoms with van der Waals surface area (Å²) in [5, 5.41) is 0. The zero-order chi connectivity index (χ0) is 10.2. The maximum atomic E-state index is 5.98. The van der Waals surface area contributed by atoms with Gasteiger partial charge in [-0.3, -0.25) is 0 Å². The van der Waals surface area contributed by atoms with Gasteiger partial charge in [0, 0.05) is 0 Å². The molecule has 0 aromatic heterocycles. The van der Waals surface area contributed by atoms with Crippen molar-refractivity contribution in [3.63, 3.8) is 0 Å². The first-order chi connectivity index (χ1) is 6.86. The van der Waals surface area contributed by atoms with Gasteiger partial charge in [0.15, 0.2) is 0 Å². The molecule has 1 saturated heterocycles. The molecular weight excluding hydrogens is 172 g/mol. The fourth-order valence-electron chi connectivity index (χ4n) is 2.33. The van der Waals surface area contributed by atoms with Crippen LogP contribution in [0.1, 0.15) is 71.6 Å². The van der Waals surface area contributed by atoms with E-state index in [9.17, 15) is 0 Å². The largest absolute Gasteiger partial charge is 0.375 e. The molecule has 1 rings (SSSR count). The van der Waals surface area contributed by atoms with E-state index in [0.717, 1.165) is 0 Å². The number of hydrogen-bond acceptors (Lipinski definition) is 1. The Morgan fingerprint density at radius 1 is 0.857 bits per heavy atom. The molecule has 2 atom stereocenters. The average molecular weight is 198 g/mol. The highest BCUT2D eigenvalue weighted by atomic mass is 16.5. The summed E-state index contributed by atoms with van der Waals surface area (Å²) in [5.41, 5.74) is 0. The van der Waals surface area contributed by atoms with Gasteiger partial charge in [-0.05, 0) is 25.7 Å². The third-order valence-corrected chi connectivity index (χ3v) is 3.19. The second-order valence-corrected chi connectivity index (χ2v) is 4.60. The van der Waals surface area contributed by atoms with E-state index < -0.39 is 0 Å². The van der Waals surface area contributed by atoms with E-state index in [4.69, 9.17) is 4.74 Å². The lowest BCUT2D eigenvalue weighted by molar-refractivity contribution is 0.0345.